The van der Waals surface area contributed by atoms with E-state index in [-0.39, 0.29) is 5.56 Å². The number of carbonyl (C=O) groups is 1. The van der Waals surface area contributed by atoms with Crippen LogP contribution >= 0.6 is 0 Å². The predicted octanol–water partition coefficient (Wildman–Crippen LogP) is 3.45. The van der Waals surface area contributed by atoms with Gasteiger partial charge in [0, 0.05) is 12.1 Å². The van der Waals surface area contributed by atoms with E-state index in [0.717, 1.165) is 17.7 Å². The molecule has 1 amide bonds. The van der Waals surface area contributed by atoms with Crippen molar-refractivity contribution < 1.29 is 27.4 Å². The lowest BCUT2D eigenvalue weighted by Gasteiger charge is -2.18. The van der Waals surface area contributed by atoms with Crippen molar-refractivity contribution in [3.63, 3.8) is 0 Å². The second kappa shape index (κ2) is 7.04. The molecule has 0 aromatic heterocycles. The summed E-state index contributed by atoms with van der Waals surface area (Å²) >= 11 is 0. The Labute approximate surface area is 142 Å². The molecule has 4 nitrogen and oxygen atoms in total. The first-order valence-corrected chi connectivity index (χ1v) is 7.77. The fraction of sp³-hybridized carbons (Fsp3) is 0.278. The van der Waals surface area contributed by atoms with E-state index in [0.29, 0.717) is 37.7 Å². The predicted molar refractivity (Wildman–Crippen MR) is 84.9 cm³/mol. The van der Waals surface area contributed by atoms with Crippen molar-refractivity contribution in [3.8, 4) is 11.5 Å². The number of benzene rings is 2. The second-order valence-electron chi connectivity index (χ2n) is 5.56. The van der Waals surface area contributed by atoms with Gasteiger partial charge < -0.3 is 14.8 Å². The van der Waals surface area contributed by atoms with Crippen LogP contribution in [-0.4, -0.2) is 25.7 Å². The van der Waals surface area contributed by atoms with Gasteiger partial charge in [-0.1, -0.05) is 6.07 Å². The zero-order valence-corrected chi connectivity index (χ0v) is 13.2. The Morgan fingerprint density at radius 1 is 1.00 bits per heavy atom. The molecule has 7 heteroatoms. The smallest absolute Gasteiger partial charge is 0.416 e. The maximum absolute atomic E-state index is 12.5. The molecule has 0 radical (unpaired) electrons. The Bertz CT molecular complexity index is 757. The molecular weight excluding hydrogens is 335 g/mol. The minimum Gasteiger partial charge on any atom is -0.486 e. The monoisotopic (exact) mass is 351 g/mol. The van der Waals surface area contributed by atoms with Crippen LogP contribution in [0.4, 0.5) is 13.2 Å². The SMILES string of the molecule is O=C(NCCc1ccc2c(c1)OCCO2)c1ccc(C(F)(F)F)cc1. The number of alkyl halides is 3. The second-order valence-corrected chi connectivity index (χ2v) is 5.56. The average molecular weight is 351 g/mol. The van der Waals surface area contributed by atoms with Crippen LogP contribution in [0.5, 0.6) is 11.5 Å². The standard InChI is InChI=1S/C18H16F3NO3/c19-18(20,21)14-4-2-13(3-5-14)17(23)22-8-7-12-1-6-15-16(11-12)25-10-9-24-15/h1-6,11H,7-10H2,(H,22,23). The summed E-state index contributed by atoms with van der Waals surface area (Å²) in [5.41, 5.74) is 0.382. The molecule has 0 fully saturated rings. The Morgan fingerprint density at radius 2 is 1.68 bits per heavy atom. The minimum atomic E-state index is -4.41. The van der Waals surface area contributed by atoms with Crippen molar-refractivity contribution in [2.24, 2.45) is 0 Å². The quantitative estimate of drug-likeness (QED) is 0.918. The van der Waals surface area contributed by atoms with Crippen LogP contribution in [0.15, 0.2) is 42.5 Å². The Kier molecular flexibility index (Phi) is 4.83. The summed E-state index contributed by atoms with van der Waals surface area (Å²) in [5.74, 6) is 0.966. The van der Waals surface area contributed by atoms with Gasteiger partial charge in [-0.15, -0.1) is 0 Å². The van der Waals surface area contributed by atoms with Crippen molar-refractivity contribution >= 4 is 5.91 Å². The minimum absolute atomic E-state index is 0.190. The molecule has 0 aliphatic carbocycles. The van der Waals surface area contributed by atoms with Crippen LogP contribution in [0.25, 0.3) is 0 Å². The molecule has 2 aromatic carbocycles. The number of hydrogen-bond donors (Lipinski definition) is 1. The Balaban J connectivity index is 1.54. The van der Waals surface area contributed by atoms with E-state index in [9.17, 15) is 18.0 Å². The van der Waals surface area contributed by atoms with E-state index in [4.69, 9.17) is 9.47 Å². The molecule has 1 heterocycles. The van der Waals surface area contributed by atoms with Gasteiger partial charge in [0.2, 0.25) is 0 Å². The molecule has 25 heavy (non-hydrogen) atoms. The highest BCUT2D eigenvalue weighted by Gasteiger charge is 2.30. The first-order chi connectivity index (χ1) is 11.9. The van der Waals surface area contributed by atoms with Crippen LogP contribution in [-0.2, 0) is 12.6 Å². The molecule has 132 valence electrons. The van der Waals surface area contributed by atoms with Crippen molar-refractivity contribution in [2.75, 3.05) is 19.8 Å². The Morgan fingerprint density at radius 3 is 2.36 bits per heavy atom. The lowest BCUT2D eigenvalue weighted by Crippen LogP contribution is -2.25. The summed E-state index contributed by atoms with van der Waals surface area (Å²) in [6, 6.07) is 9.70. The molecular formula is C18H16F3NO3. The summed E-state index contributed by atoms with van der Waals surface area (Å²) in [5, 5.41) is 2.69. The number of nitrogens with one attached hydrogen (secondary N) is 1. The third kappa shape index (κ3) is 4.23. The molecule has 0 saturated heterocycles. The van der Waals surface area contributed by atoms with Crippen molar-refractivity contribution in [2.45, 2.75) is 12.6 Å². The normalized spacial score (nSPS) is 13.4. The summed E-state index contributed by atoms with van der Waals surface area (Å²) in [6.07, 6.45) is -3.84. The van der Waals surface area contributed by atoms with Crippen LogP contribution < -0.4 is 14.8 Å². The van der Waals surface area contributed by atoms with Crippen molar-refractivity contribution in [3.05, 3.63) is 59.2 Å². The van der Waals surface area contributed by atoms with E-state index in [1.165, 1.54) is 12.1 Å². The van der Waals surface area contributed by atoms with Gasteiger partial charge in [0.1, 0.15) is 13.2 Å². The maximum Gasteiger partial charge on any atom is 0.416 e. The highest BCUT2D eigenvalue weighted by atomic mass is 19.4. The molecule has 0 unspecified atom stereocenters. The number of amides is 1. The topological polar surface area (TPSA) is 47.6 Å². The molecule has 2 aromatic rings. The zero-order chi connectivity index (χ0) is 17.9. The number of hydrogen-bond acceptors (Lipinski definition) is 3. The highest BCUT2D eigenvalue weighted by Crippen LogP contribution is 2.31. The molecule has 0 bridgehead atoms. The van der Waals surface area contributed by atoms with Gasteiger partial charge in [-0.3, -0.25) is 4.79 Å². The fourth-order valence-corrected chi connectivity index (χ4v) is 2.48. The van der Waals surface area contributed by atoms with E-state index < -0.39 is 17.6 Å². The first kappa shape index (κ1) is 17.1. The molecule has 1 aliphatic rings. The first-order valence-electron chi connectivity index (χ1n) is 7.77. The van der Waals surface area contributed by atoms with Gasteiger partial charge >= 0.3 is 6.18 Å². The number of fused-ring (bicyclic) bond motifs is 1. The summed E-state index contributed by atoms with van der Waals surface area (Å²) in [4.78, 5) is 12.0. The third-order valence-electron chi connectivity index (χ3n) is 3.78. The molecule has 3 rings (SSSR count). The molecule has 0 atom stereocenters. The number of carbonyl (C=O) groups excluding carboxylic acids is 1. The lowest BCUT2D eigenvalue weighted by molar-refractivity contribution is -0.137. The van der Waals surface area contributed by atoms with E-state index in [1.54, 1.807) is 0 Å². The van der Waals surface area contributed by atoms with Gasteiger partial charge in [0.25, 0.3) is 5.91 Å². The van der Waals surface area contributed by atoms with Gasteiger partial charge in [0.05, 0.1) is 5.56 Å². The van der Waals surface area contributed by atoms with E-state index in [1.807, 2.05) is 18.2 Å². The summed E-state index contributed by atoms with van der Waals surface area (Å²) in [7, 11) is 0. The Hall–Kier alpha value is -2.70. The van der Waals surface area contributed by atoms with Crippen LogP contribution in [0.1, 0.15) is 21.5 Å². The zero-order valence-electron chi connectivity index (χ0n) is 13.2. The molecule has 1 aliphatic heterocycles. The number of halogens is 3. The molecule has 0 spiro atoms. The largest absolute Gasteiger partial charge is 0.486 e. The van der Waals surface area contributed by atoms with Gasteiger partial charge in [-0.05, 0) is 48.4 Å². The fourth-order valence-electron chi connectivity index (χ4n) is 2.48. The van der Waals surface area contributed by atoms with Crippen LogP contribution in [0.2, 0.25) is 0 Å². The number of ether oxygens (including phenoxy) is 2. The van der Waals surface area contributed by atoms with E-state index in [2.05, 4.69) is 5.32 Å². The van der Waals surface area contributed by atoms with Gasteiger partial charge in [0.15, 0.2) is 11.5 Å². The van der Waals surface area contributed by atoms with Crippen LogP contribution in [0.3, 0.4) is 0 Å². The molecule has 1 N–H and O–H groups in total. The number of rotatable bonds is 4. The lowest BCUT2D eigenvalue weighted by atomic mass is 10.1. The van der Waals surface area contributed by atoms with Gasteiger partial charge in [-0.25, -0.2) is 0 Å². The van der Waals surface area contributed by atoms with Crippen molar-refractivity contribution in [1.29, 1.82) is 0 Å². The summed E-state index contributed by atoms with van der Waals surface area (Å²) < 4.78 is 48.5. The van der Waals surface area contributed by atoms with Crippen LogP contribution in [0, 0.1) is 0 Å². The highest BCUT2D eigenvalue weighted by molar-refractivity contribution is 5.94. The average Bonchev–Trinajstić information content (AvgIpc) is 2.61. The summed E-state index contributed by atoms with van der Waals surface area (Å²) in [6.45, 7) is 1.39. The van der Waals surface area contributed by atoms with Gasteiger partial charge in [-0.2, -0.15) is 13.2 Å². The maximum atomic E-state index is 12.5. The van der Waals surface area contributed by atoms with Crippen molar-refractivity contribution in [1.82, 2.24) is 5.32 Å². The molecule has 0 saturated carbocycles. The van der Waals surface area contributed by atoms with E-state index >= 15 is 0 Å². The third-order valence-corrected chi connectivity index (χ3v) is 3.78.